The lowest BCUT2D eigenvalue weighted by Crippen LogP contribution is -2.13. The van der Waals surface area contributed by atoms with Crippen LogP contribution in [0.1, 0.15) is 5.56 Å². The molecule has 0 saturated carbocycles. The predicted molar refractivity (Wildman–Crippen MR) is 116 cm³/mol. The van der Waals surface area contributed by atoms with Crippen LogP contribution >= 0.6 is 23.1 Å². The van der Waals surface area contributed by atoms with Crippen molar-refractivity contribution in [2.45, 2.75) is 4.90 Å². The zero-order valence-electron chi connectivity index (χ0n) is 15.9. The molecular formula is C19H13ClN6O3S2. The highest BCUT2D eigenvalue weighted by molar-refractivity contribution is 7.93. The number of aryl methyl sites for hydroxylation is 1. The molecule has 0 unspecified atom stereocenters. The van der Waals surface area contributed by atoms with Crippen LogP contribution in [-0.4, -0.2) is 27.6 Å². The summed E-state index contributed by atoms with van der Waals surface area (Å²) in [5.74, 6) is 0.610. The summed E-state index contributed by atoms with van der Waals surface area (Å²) in [6.07, 6.45) is 3.02. The summed E-state index contributed by atoms with van der Waals surface area (Å²) in [6, 6.07) is 12.8. The summed E-state index contributed by atoms with van der Waals surface area (Å²) in [5, 5.41) is 14.6. The fraction of sp³-hybridized carbons (Fsp3) is 0.0526. The van der Waals surface area contributed by atoms with Crippen LogP contribution in [0.15, 0.2) is 59.9 Å². The number of benzene rings is 2. The van der Waals surface area contributed by atoms with Gasteiger partial charge < -0.3 is 4.74 Å². The van der Waals surface area contributed by atoms with Gasteiger partial charge in [0.05, 0.1) is 16.2 Å². The molecule has 2 aromatic carbocycles. The van der Waals surface area contributed by atoms with E-state index >= 15 is 0 Å². The van der Waals surface area contributed by atoms with Gasteiger partial charge in [0.25, 0.3) is 10.0 Å². The molecule has 0 aliphatic heterocycles. The van der Waals surface area contributed by atoms with Crippen molar-refractivity contribution in [2.75, 3.05) is 4.72 Å². The molecule has 0 amide bonds. The van der Waals surface area contributed by atoms with E-state index < -0.39 is 10.0 Å². The van der Waals surface area contributed by atoms with Gasteiger partial charge in [-0.15, -0.1) is 0 Å². The van der Waals surface area contributed by atoms with Gasteiger partial charge in [0, 0.05) is 35.4 Å². The maximum Gasteiger partial charge on any atom is 0.263 e. The number of aromatic nitrogens is 4. The van der Waals surface area contributed by atoms with Crippen molar-refractivity contribution < 1.29 is 13.2 Å². The number of nitrogens with one attached hydrogen (secondary N) is 1. The molecule has 0 fully saturated rings. The van der Waals surface area contributed by atoms with E-state index in [-0.39, 0.29) is 21.3 Å². The molecule has 2 heterocycles. The Kier molecular flexibility index (Phi) is 5.60. The highest BCUT2D eigenvalue weighted by atomic mass is 35.5. The molecule has 0 radical (unpaired) electrons. The van der Waals surface area contributed by atoms with E-state index in [0.29, 0.717) is 22.0 Å². The molecule has 0 bridgehead atoms. The Balaban J connectivity index is 1.68. The lowest BCUT2D eigenvalue weighted by atomic mass is 10.1. The Morgan fingerprint density at radius 1 is 1.19 bits per heavy atom. The third-order valence-corrected chi connectivity index (χ3v) is 6.40. The van der Waals surface area contributed by atoms with Crippen LogP contribution in [0.3, 0.4) is 0 Å². The summed E-state index contributed by atoms with van der Waals surface area (Å²) in [6.45, 7) is 0. The third kappa shape index (κ3) is 4.51. The van der Waals surface area contributed by atoms with Crippen LogP contribution < -0.4 is 9.46 Å². The first-order valence-electron chi connectivity index (χ1n) is 8.67. The first-order valence-corrected chi connectivity index (χ1v) is 11.3. The fourth-order valence-corrected chi connectivity index (χ4v) is 4.57. The summed E-state index contributed by atoms with van der Waals surface area (Å²) in [7, 11) is -2.15. The van der Waals surface area contributed by atoms with Gasteiger partial charge >= 0.3 is 0 Å². The number of sulfonamides is 1. The van der Waals surface area contributed by atoms with Gasteiger partial charge in [0.15, 0.2) is 0 Å². The number of rotatable bonds is 6. The largest absolute Gasteiger partial charge is 0.455 e. The number of hydrogen-bond acceptors (Lipinski definition) is 8. The van der Waals surface area contributed by atoms with E-state index in [1.165, 1.54) is 24.5 Å². The van der Waals surface area contributed by atoms with Crippen LogP contribution in [0.5, 0.6) is 11.5 Å². The van der Waals surface area contributed by atoms with Gasteiger partial charge in [0.1, 0.15) is 23.9 Å². The SMILES string of the molecule is Cn1ccc(-c2cc(Cl)ccc2Oc2ccc(S(=O)(=O)Nc3ncns3)cc2C#N)n1. The molecular weight excluding hydrogens is 460 g/mol. The van der Waals surface area contributed by atoms with Crippen LogP contribution in [-0.2, 0) is 17.1 Å². The van der Waals surface area contributed by atoms with E-state index in [2.05, 4.69) is 19.2 Å². The van der Waals surface area contributed by atoms with E-state index in [1.54, 1.807) is 42.2 Å². The number of nitriles is 1. The van der Waals surface area contributed by atoms with Crippen molar-refractivity contribution in [2.24, 2.45) is 7.05 Å². The van der Waals surface area contributed by atoms with E-state index in [4.69, 9.17) is 16.3 Å². The second kappa shape index (κ2) is 8.35. The van der Waals surface area contributed by atoms with Gasteiger partial charge in [0.2, 0.25) is 5.13 Å². The second-order valence-electron chi connectivity index (χ2n) is 6.24. The maximum absolute atomic E-state index is 12.6. The molecule has 31 heavy (non-hydrogen) atoms. The first kappa shape index (κ1) is 20.8. The molecule has 0 aliphatic rings. The van der Waals surface area contributed by atoms with Crippen molar-refractivity contribution in [3.05, 3.63) is 65.6 Å². The maximum atomic E-state index is 12.6. The lowest BCUT2D eigenvalue weighted by molar-refractivity contribution is 0.482. The number of nitrogens with zero attached hydrogens (tertiary/aromatic N) is 5. The number of halogens is 1. The molecule has 0 aliphatic carbocycles. The Bertz CT molecular complexity index is 1390. The zero-order chi connectivity index (χ0) is 22.0. The first-order chi connectivity index (χ1) is 14.9. The molecule has 4 aromatic rings. The zero-order valence-corrected chi connectivity index (χ0v) is 18.2. The second-order valence-corrected chi connectivity index (χ2v) is 9.14. The average molecular weight is 473 g/mol. The summed E-state index contributed by atoms with van der Waals surface area (Å²) in [4.78, 5) is 3.70. The van der Waals surface area contributed by atoms with Crippen molar-refractivity contribution in [1.82, 2.24) is 19.1 Å². The topological polar surface area (TPSA) is 123 Å². The highest BCUT2D eigenvalue weighted by Gasteiger charge is 2.19. The normalized spacial score (nSPS) is 11.1. The van der Waals surface area contributed by atoms with Crippen LogP contribution in [0.4, 0.5) is 5.13 Å². The number of anilines is 1. The van der Waals surface area contributed by atoms with Gasteiger partial charge in [-0.1, -0.05) is 11.6 Å². The quantitative estimate of drug-likeness (QED) is 0.448. The molecule has 0 spiro atoms. The molecule has 9 nitrogen and oxygen atoms in total. The highest BCUT2D eigenvalue weighted by Crippen LogP contribution is 2.36. The summed E-state index contributed by atoms with van der Waals surface area (Å²) >= 11 is 7.04. The molecule has 156 valence electrons. The van der Waals surface area contributed by atoms with E-state index in [1.807, 2.05) is 6.07 Å². The number of ether oxygens (including phenoxy) is 1. The smallest absolute Gasteiger partial charge is 0.263 e. The molecule has 1 N–H and O–H groups in total. The molecule has 2 aromatic heterocycles. The molecule has 4 rings (SSSR count). The minimum atomic E-state index is -3.94. The van der Waals surface area contributed by atoms with Gasteiger partial charge in [-0.2, -0.15) is 14.7 Å². The van der Waals surface area contributed by atoms with E-state index in [9.17, 15) is 13.7 Å². The third-order valence-electron chi connectivity index (χ3n) is 4.12. The average Bonchev–Trinajstić information content (AvgIpc) is 3.40. The Morgan fingerprint density at radius 2 is 2.00 bits per heavy atom. The van der Waals surface area contributed by atoms with Crippen LogP contribution in [0.25, 0.3) is 11.3 Å². The van der Waals surface area contributed by atoms with Gasteiger partial charge in [-0.25, -0.2) is 13.4 Å². The van der Waals surface area contributed by atoms with E-state index in [0.717, 1.165) is 11.5 Å². The van der Waals surface area contributed by atoms with Gasteiger partial charge in [-0.05, 0) is 42.5 Å². The number of hydrogen-bond donors (Lipinski definition) is 1. The minimum Gasteiger partial charge on any atom is -0.455 e. The molecule has 12 heteroatoms. The van der Waals surface area contributed by atoms with Crippen molar-refractivity contribution >= 4 is 38.3 Å². The lowest BCUT2D eigenvalue weighted by Gasteiger charge is -2.13. The minimum absolute atomic E-state index is 0.0436. The van der Waals surface area contributed by atoms with Crippen molar-refractivity contribution in [3.8, 4) is 28.8 Å². The fourth-order valence-electron chi connectivity index (χ4n) is 2.71. The Labute approximate surface area is 186 Å². The van der Waals surface area contributed by atoms with Crippen molar-refractivity contribution in [3.63, 3.8) is 0 Å². The van der Waals surface area contributed by atoms with Crippen molar-refractivity contribution in [1.29, 1.82) is 5.26 Å². The summed E-state index contributed by atoms with van der Waals surface area (Å²) < 4.78 is 38.8. The molecule has 0 atom stereocenters. The van der Waals surface area contributed by atoms with Crippen LogP contribution in [0, 0.1) is 11.3 Å². The standard InChI is InChI=1S/C19H13ClN6O3S2/c1-26-7-6-16(24-26)15-9-13(20)2-4-18(15)29-17-5-3-14(8-12(17)10-21)31(27,28)25-19-22-11-23-30-19/h2-9,11H,1H3,(H,22,23,25). The Hall–Kier alpha value is -3.46. The van der Waals surface area contributed by atoms with Gasteiger partial charge in [-0.3, -0.25) is 9.40 Å². The molecule has 0 saturated heterocycles. The monoisotopic (exact) mass is 472 g/mol. The summed E-state index contributed by atoms with van der Waals surface area (Å²) in [5.41, 5.74) is 1.31. The van der Waals surface area contributed by atoms with Crippen LogP contribution in [0.2, 0.25) is 5.02 Å². The predicted octanol–water partition coefficient (Wildman–Crippen LogP) is 4.06. The Morgan fingerprint density at radius 3 is 2.68 bits per heavy atom.